The summed E-state index contributed by atoms with van der Waals surface area (Å²) in [7, 11) is 0. The number of amides is 1. The minimum Gasteiger partial charge on any atom is -0.480 e. The summed E-state index contributed by atoms with van der Waals surface area (Å²) < 4.78 is 11.4. The summed E-state index contributed by atoms with van der Waals surface area (Å²) in [6, 6.07) is 13.9. The van der Waals surface area contributed by atoms with Gasteiger partial charge in [-0.3, -0.25) is 4.79 Å². The van der Waals surface area contributed by atoms with Crippen molar-refractivity contribution in [2.24, 2.45) is 0 Å². The van der Waals surface area contributed by atoms with Crippen LogP contribution in [0.4, 0.5) is 11.4 Å². The van der Waals surface area contributed by atoms with Gasteiger partial charge >= 0.3 is 0 Å². The molecular formula is C22H28N2O3. The predicted molar refractivity (Wildman–Crippen MR) is 109 cm³/mol. The van der Waals surface area contributed by atoms with Gasteiger partial charge in [0.2, 0.25) is 0 Å². The number of nitrogens with one attached hydrogen (secondary N) is 1. The molecule has 1 aliphatic heterocycles. The maximum absolute atomic E-state index is 12.6. The van der Waals surface area contributed by atoms with E-state index in [1.54, 1.807) is 0 Å². The van der Waals surface area contributed by atoms with Crippen molar-refractivity contribution < 1.29 is 14.3 Å². The summed E-state index contributed by atoms with van der Waals surface area (Å²) >= 11 is 0. The quantitative estimate of drug-likeness (QED) is 0.839. The first-order valence-corrected chi connectivity index (χ1v) is 9.54. The smallest absolute Gasteiger partial charge is 0.265 e. The first-order chi connectivity index (χ1) is 13.1. The molecule has 1 heterocycles. The Morgan fingerprint density at radius 2 is 1.85 bits per heavy atom. The lowest BCUT2D eigenvalue weighted by Gasteiger charge is -2.29. The largest absolute Gasteiger partial charge is 0.480 e. The lowest BCUT2D eigenvalue weighted by atomic mass is 10.1. The predicted octanol–water partition coefficient (Wildman–Crippen LogP) is 3.94. The van der Waals surface area contributed by atoms with Crippen LogP contribution in [0.15, 0.2) is 42.5 Å². The number of rotatable bonds is 6. The molecule has 0 saturated carbocycles. The Balaban J connectivity index is 1.62. The summed E-state index contributed by atoms with van der Waals surface area (Å²) in [6.45, 7) is 9.30. The number of anilines is 2. The average molecular weight is 368 g/mol. The van der Waals surface area contributed by atoms with Crippen molar-refractivity contribution in [1.82, 2.24) is 0 Å². The Morgan fingerprint density at radius 1 is 1.15 bits per heavy atom. The van der Waals surface area contributed by atoms with Crippen LogP contribution >= 0.6 is 0 Å². The molecule has 0 spiro atoms. The van der Waals surface area contributed by atoms with Crippen molar-refractivity contribution in [2.45, 2.75) is 33.3 Å². The van der Waals surface area contributed by atoms with E-state index in [2.05, 4.69) is 16.3 Å². The zero-order valence-corrected chi connectivity index (χ0v) is 16.3. The van der Waals surface area contributed by atoms with Crippen LogP contribution in [-0.4, -0.2) is 38.3 Å². The van der Waals surface area contributed by atoms with Crippen LogP contribution in [0.3, 0.4) is 0 Å². The van der Waals surface area contributed by atoms with E-state index in [1.165, 1.54) is 5.56 Å². The third kappa shape index (κ3) is 5.01. The fourth-order valence-corrected chi connectivity index (χ4v) is 3.21. The minimum absolute atomic E-state index is 0.128. The van der Waals surface area contributed by atoms with E-state index in [0.29, 0.717) is 6.42 Å². The Labute approximate surface area is 161 Å². The fourth-order valence-electron chi connectivity index (χ4n) is 3.21. The molecule has 2 aromatic carbocycles. The highest BCUT2D eigenvalue weighted by Crippen LogP contribution is 2.22. The second kappa shape index (κ2) is 8.91. The van der Waals surface area contributed by atoms with Crippen molar-refractivity contribution in [1.29, 1.82) is 0 Å². The molecule has 0 aromatic heterocycles. The van der Waals surface area contributed by atoms with E-state index in [9.17, 15) is 4.79 Å². The summed E-state index contributed by atoms with van der Waals surface area (Å²) in [5, 5.41) is 2.97. The molecule has 5 heteroatoms. The molecule has 1 atom stereocenters. The number of carbonyl (C=O) groups excluding carboxylic acids is 1. The van der Waals surface area contributed by atoms with E-state index >= 15 is 0 Å². The highest BCUT2D eigenvalue weighted by molar-refractivity contribution is 5.94. The molecule has 1 fully saturated rings. The molecule has 1 amide bonds. The molecule has 144 valence electrons. The number of carbonyl (C=O) groups is 1. The second-order valence-electron chi connectivity index (χ2n) is 6.92. The molecule has 2 aromatic rings. The normalized spacial score (nSPS) is 15.3. The third-order valence-electron chi connectivity index (χ3n) is 4.77. The molecule has 1 unspecified atom stereocenters. The molecule has 3 rings (SSSR count). The number of ether oxygens (including phenoxy) is 2. The van der Waals surface area contributed by atoms with Gasteiger partial charge in [-0.1, -0.05) is 24.6 Å². The Kier molecular flexibility index (Phi) is 6.35. The first-order valence-electron chi connectivity index (χ1n) is 9.54. The van der Waals surface area contributed by atoms with Gasteiger partial charge in [-0.05, 0) is 56.2 Å². The van der Waals surface area contributed by atoms with Crippen LogP contribution < -0.4 is 15.0 Å². The average Bonchev–Trinajstić information content (AvgIpc) is 2.68. The van der Waals surface area contributed by atoms with Crippen LogP contribution in [-0.2, 0) is 9.53 Å². The van der Waals surface area contributed by atoms with Crippen molar-refractivity contribution in [3.05, 3.63) is 53.6 Å². The van der Waals surface area contributed by atoms with E-state index in [1.807, 2.05) is 57.2 Å². The van der Waals surface area contributed by atoms with E-state index in [-0.39, 0.29) is 5.91 Å². The number of hydrogen-bond acceptors (Lipinski definition) is 4. The van der Waals surface area contributed by atoms with Gasteiger partial charge in [-0.25, -0.2) is 0 Å². The van der Waals surface area contributed by atoms with Gasteiger partial charge in [-0.2, -0.15) is 0 Å². The van der Waals surface area contributed by atoms with Gasteiger partial charge in [-0.15, -0.1) is 0 Å². The standard InChI is InChI=1S/C22H28N2O3/c1-4-20(27-21-10-5-16(2)15-17(21)3)22(25)23-18-6-8-19(9-7-18)24-11-13-26-14-12-24/h5-10,15,20H,4,11-14H2,1-3H3,(H,23,25). The van der Waals surface area contributed by atoms with Crippen molar-refractivity contribution in [3.63, 3.8) is 0 Å². The molecule has 0 aliphatic carbocycles. The maximum Gasteiger partial charge on any atom is 0.265 e. The van der Waals surface area contributed by atoms with Gasteiger partial charge in [0.1, 0.15) is 5.75 Å². The lowest BCUT2D eigenvalue weighted by molar-refractivity contribution is -0.122. The van der Waals surface area contributed by atoms with Crippen molar-refractivity contribution in [2.75, 3.05) is 36.5 Å². The van der Waals surface area contributed by atoms with Crippen LogP contribution in [0.1, 0.15) is 24.5 Å². The zero-order valence-electron chi connectivity index (χ0n) is 16.3. The van der Waals surface area contributed by atoms with E-state index < -0.39 is 6.10 Å². The highest BCUT2D eigenvalue weighted by atomic mass is 16.5. The fraction of sp³-hybridized carbons (Fsp3) is 0.409. The topological polar surface area (TPSA) is 50.8 Å². The van der Waals surface area contributed by atoms with E-state index in [4.69, 9.17) is 9.47 Å². The molecule has 1 aliphatic rings. The number of nitrogens with zero attached hydrogens (tertiary/aromatic N) is 1. The maximum atomic E-state index is 12.6. The van der Waals surface area contributed by atoms with E-state index in [0.717, 1.165) is 49.0 Å². The summed E-state index contributed by atoms with van der Waals surface area (Å²) in [5.74, 6) is 0.627. The van der Waals surface area contributed by atoms with Crippen LogP contribution in [0.2, 0.25) is 0 Å². The Hall–Kier alpha value is -2.53. The number of hydrogen-bond donors (Lipinski definition) is 1. The zero-order chi connectivity index (χ0) is 19.2. The first kappa shape index (κ1) is 19.2. The monoisotopic (exact) mass is 368 g/mol. The van der Waals surface area contributed by atoms with Crippen molar-refractivity contribution >= 4 is 17.3 Å². The number of benzene rings is 2. The van der Waals surface area contributed by atoms with Gasteiger partial charge in [0.05, 0.1) is 13.2 Å². The Bertz CT molecular complexity index is 768. The molecule has 1 N–H and O–H groups in total. The highest BCUT2D eigenvalue weighted by Gasteiger charge is 2.19. The van der Waals surface area contributed by atoms with Crippen LogP contribution in [0.5, 0.6) is 5.75 Å². The summed E-state index contributed by atoms with van der Waals surface area (Å²) in [6.07, 6.45) is 0.0793. The van der Waals surface area contributed by atoms with Gasteiger partial charge in [0.15, 0.2) is 6.10 Å². The van der Waals surface area contributed by atoms with Gasteiger partial charge < -0.3 is 19.7 Å². The SMILES string of the molecule is CCC(Oc1ccc(C)cc1C)C(=O)Nc1ccc(N2CCOCC2)cc1. The van der Waals surface area contributed by atoms with Crippen molar-refractivity contribution in [3.8, 4) is 5.75 Å². The molecule has 0 radical (unpaired) electrons. The summed E-state index contributed by atoms with van der Waals surface area (Å²) in [4.78, 5) is 14.9. The second-order valence-corrected chi connectivity index (χ2v) is 6.92. The molecule has 1 saturated heterocycles. The van der Waals surface area contributed by atoms with Gasteiger partial charge in [0.25, 0.3) is 5.91 Å². The molecule has 0 bridgehead atoms. The van der Waals surface area contributed by atoms with Gasteiger partial charge in [0, 0.05) is 24.5 Å². The summed E-state index contributed by atoms with van der Waals surface area (Å²) in [5.41, 5.74) is 4.14. The lowest BCUT2D eigenvalue weighted by Crippen LogP contribution is -2.36. The number of morpholine rings is 1. The molecular weight excluding hydrogens is 340 g/mol. The van der Waals surface area contributed by atoms with Crippen LogP contribution in [0.25, 0.3) is 0 Å². The minimum atomic E-state index is -0.523. The molecule has 5 nitrogen and oxygen atoms in total. The Morgan fingerprint density at radius 3 is 2.48 bits per heavy atom. The van der Waals surface area contributed by atoms with Crippen LogP contribution in [0, 0.1) is 13.8 Å². The third-order valence-corrected chi connectivity index (χ3v) is 4.77. The number of aryl methyl sites for hydroxylation is 2. The molecule has 27 heavy (non-hydrogen) atoms.